The number of hydrazone groups is 1. The summed E-state index contributed by atoms with van der Waals surface area (Å²) in [5.74, 6) is 1.36. The van der Waals surface area contributed by atoms with Crippen molar-refractivity contribution < 1.29 is 9.47 Å². The number of hydrogen-bond acceptors (Lipinski definition) is 6. The Labute approximate surface area is 154 Å². The maximum absolute atomic E-state index is 5.86. The van der Waals surface area contributed by atoms with E-state index >= 15 is 0 Å². The van der Waals surface area contributed by atoms with Crippen LogP contribution >= 0.6 is 22.9 Å². The Morgan fingerprint density at radius 2 is 1.84 bits per heavy atom. The van der Waals surface area contributed by atoms with Gasteiger partial charge in [-0.05, 0) is 35.9 Å². The van der Waals surface area contributed by atoms with Crippen molar-refractivity contribution in [3.05, 3.63) is 58.4 Å². The maximum atomic E-state index is 5.86. The predicted octanol–water partition coefficient (Wildman–Crippen LogP) is 4.93. The number of nitrogens with one attached hydrogen (secondary N) is 1. The zero-order chi connectivity index (χ0) is 17.6. The minimum absolute atomic E-state index is 0.670. The topological polar surface area (TPSA) is 55.7 Å². The van der Waals surface area contributed by atoms with Crippen molar-refractivity contribution in [1.82, 2.24) is 4.98 Å². The second-order valence-electron chi connectivity index (χ2n) is 5.03. The number of hydrogen-bond donors (Lipinski definition) is 1. The van der Waals surface area contributed by atoms with Gasteiger partial charge < -0.3 is 9.47 Å². The molecule has 0 aliphatic rings. The second kappa shape index (κ2) is 8.00. The monoisotopic (exact) mass is 373 g/mol. The Balaban J connectivity index is 1.71. The van der Waals surface area contributed by atoms with E-state index in [1.165, 1.54) is 11.3 Å². The Morgan fingerprint density at radius 1 is 1.08 bits per heavy atom. The van der Waals surface area contributed by atoms with Crippen LogP contribution in [0.15, 0.2) is 52.9 Å². The first-order valence-electron chi connectivity index (χ1n) is 7.42. The van der Waals surface area contributed by atoms with E-state index in [1.807, 2.05) is 47.8 Å². The van der Waals surface area contributed by atoms with Crippen LogP contribution in [0.3, 0.4) is 0 Å². The first kappa shape index (κ1) is 17.3. The number of nitrogens with zero attached hydrogens (tertiary/aromatic N) is 2. The number of anilines is 1. The molecule has 25 heavy (non-hydrogen) atoms. The molecule has 0 bridgehead atoms. The Hall–Kier alpha value is -2.57. The van der Waals surface area contributed by atoms with Crippen LogP contribution in [0.25, 0.3) is 11.3 Å². The number of halogens is 1. The highest BCUT2D eigenvalue weighted by molar-refractivity contribution is 7.14. The van der Waals surface area contributed by atoms with Crippen LogP contribution in [0.5, 0.6) is 11.5 Å². The Bertz CT molecular complexity index is 878. The summed E-state index contributed by atoms with van der Waals surface area (Å²) in [7, 11) is 3.22. The molecular formula is C18H16ClN3O2S. The van der Waals surface area contributed by atoms with Crippen molar-refractivity contribution >= 4 is 34.3 Å². The molecule has 7 heteroatoms. The molecule has 0 saturated carbocycles. The molecule has 0 atom stereocenters. The first-order chi connectivity index (χ1) is 12.2. The molecule has 1 aromatic heterocycles. The van der Waals surface area contributed by atoms with Crippen LogP contribution in [0, 0.1) is 0 Å². The minimum Gasteiger partial charge on any atom is -0.493 e. The van der Waals surface area contributed by atoms with Gasteiger partial charge in [-0.1, -0.05) is 23.7 Å². The van der Waals surface area contributed by atoms with Crippen molar-refractivity contribution in [1.29, 1.82) is 0 Å². The molecule has 0 aliphatic carbocycles. The second-order valence-corrected chi connectivity index (χ2v) is 6.32. The van der Waals surface area contributed by atoms with E-state index in [4.69, 9.17) is 21.1 Å². The van der Waals surface area contributed by atoms with E-state index in [-0.39, 0.29) is 0 Å². The number of ether oxygens (including phenoxy) is 2. The molecule has 3 rings (SSSR count). The molecule has 128 valence electrons. The van der Waals surface area contributed by atoms with E-state index < -0.39 is 0 Å². The predicted molar refractivity (Wildman–Crippen MR) is 103 cm³/mol. The summed E-state index contributed by atoms with van der Waals surface area (Å²) in [5, 5.41) is 7.56. The molecule has 0 aliphatic heterocycles. The highest BCUT2D eigenvalue weighted by Gasteiger charge is 2.09. The molecule has 0 fully saturated rings. The smallest absolute Gasteiger partial charge is 0.203 e. The molecule has 0 radical (unpaired) electrons. The SMILES string of the molecule is COc1ccc(-c2csc(N/N=C\c3ccc(Cl)cc3)n2)cc1OC. The fourth-order valence-electron chi connectivity index (χ4n) is 2.16. The summed E-state index contributed by atoms with van der Waals surface area (Å²) < 4.78 is 10.6. The molecule has 0 saturated heterocycles. The van der Waals surface area contributed by atoms with Crippen LogP contribution in [0.1, 0.15) is 5.56 Å². The van der Waals surface area contributed by atoms with Gasteiger partial charge in [0.25, 0.3) is 0 Å². The lowest BCUT2D eigenvalue weighted by Gasteiger charge is -2.08. The molecule has 5 nitrogen and oxygen atoms in total. The molecule has 0 amide bonds. The Morgan fingerprint density at radius 3 is 2.56 bits per heavy atom. The normalized spacial score (nSPS) is 10.8. The first-order valence-corrected chi connectivity index (χ1v) is 8.68. The van der Waals surface area contributed by atoms with E-state index in [0.717, 1.165) is 16.8 Å². The third-order valence-electron chi connectivity index (χ3n) is 3.43. The van der Waals surface area contributed by atoms with E-state index in [1.54, 1.807) is 20.4 Å². The highest BCUT2D eigenvalue weighted by Crippen LogP contribution is 2.33. The van der Waals surface area contributed by atoms with E-state index in [9.17, 15) is 0 Å². The zero-order valence-electron chi connectivity index (χ0n) is 13.7. The highest BCUT2D eigenvalue weighted by atomic mass is 35.5. The third-order valence-corrected chi connectivity index (χ3v) is 4.43. The van der Waals surface area contributed by atoms with Crippen molar-refractivity contribution in [3.8, 4) is 22.8 Å². The largest absolute Gasteiger partial charge is 0.493 e. The summed E-state index contributed by atoms with van der Waals surface area (Å²) in [6.45, 7) is 0. The third kappa shape index (κ3) is 4.29. The number of thiazole rings is 1. The fourth-order valence-corrected chi connectivity index (χ4v) is 2.96. The Kier molecular flexibility index (Phi) is 5.53. The molecule has 2 aromatic carbocycles. The molecule has 1 heterocycles. The van der Waals surface area contributed by atoms with E-state index in [2.05, 4.69) is 15.5 Å². The summed E-state index contributed by atoms with van der Waals surface area (Å²) in [6.07, 6.45) is 1.72. The van der Waals surface area contributed by atoms with E-state index in [0.29, 0.717) is 21.7 Å². The van der Waals surface area contributed by atoms with Gasteiger partial charge in [0.05, 0.1) is 26.1 Å². The zero-order valence-corrected chi connectivity index (χ0v) is 15.3. The van der Waals surface area contributed by atoms with Gasteiger partial charge in [0.2, 0.25) is 5.13 Å². The van der Waals surface area contributed by atoms with Gasteiger partial charge in [-0.15, -0.1) is 11.3 Å². The quantitative estimate of drug-likeness (QED) is 0.492. The number of benzene rings is 2. The summed E-state index contributed by atoms with van der Waals surface area (Å²) in [4.78, 5) is 4.53. The lowest BCUT2D eigenvalue weighted by atomic mass is 10.1. The van der Waals surface area contributed by atoms with Gasteiger partial charge in [-0.25, -0.2) is 4.98 Å². The van der Waals surface area contributed by atoms with Crippen LogP contribution < -0.4 is 14.9 Å². The standard InChI is InChI=1S/C18H16ClN3O2S/c1-23-16-8-5-13(9-17(16)24-2)15-11-25-18(21-15)22-20-10-12-3-6-14(19)7-4-12/h3-11H,1-2H3,(H,21,22)/b20-10-. The molecule has 0 unspecified atom stereocenters. The van der Waals surface area contributed by atoms with Crippen molar-refractivity contribution in [3.63, 3.8) is 0 Å². The molecular weight excluding hydrogens is 358 g/mol. The van der Waals surface area contributed by atoms with Crippen molar-refractivity contribution in [2.45, 2.75) is 0 Å². The van der Waals surface area contributed by atoms with Crippen molar-refractivity contribution in [2.75, 3.05) is 19.6 Å². The van der Waals surface area contributed by atoms with Gasteiger partial charge in [-0.3, -0.25) is 5.43 Å². The average molecular weight is 374 g/mol. The van der Waals surface area contributed by atoms with Crippen LogP contribution in [-0.2, 0) is 0 Å². The number of methoxy groups -OCH3 is 2. The summed E-state index contributed by atoms with van der Waals surface area (Å²) >= 11 is 7.33. The van der Waals surface area contributed by atoms with Gasteiger partial charge in [0, 0.05) is 16.0 Å². The van der Waals surface area contributed by atoms with Gasteiger partial charge in [0.15, 0.2) is 11.5 Å². The van der Waals surface area contributed by atoms with Crippen LogP contribution in [0.4, 0.5) is 5.13 Å². The summed E-state index contributed by atoms with van der Waals surface area (Å²) in [5.41, 5.74) is 5.68. The minimum atomic E-state index is 0.670. The van der Waals surface area contributed by atoms with Gasteiger partial charge in [-0.2, -0.15) is 5.10 Å². The number of aromatic nitrogens is 1. The summed E-state index contributed by atoms with van der Waals surface area (Å²) in [6, 6.07) is 13.1. The lowest BCUT2D eigenvalue weighted by Crippen LogP contribution is -1.92. The van der Waals surface area contributed by atoms with Crippen LogP contribution in [-0.4, -0.2) is 25.4 Å². The maximum Gasteiger partial charge on any atom is 0.203 e. The van der Waals surface area contributed by atoms with Gasteiger partial charge >= 0.3 is 0 Å². The molecule has 0 spiro atoms. The molecule has 3 aromatic rings. The van der Waals surface area contributed by atoms with Gasteiger partial charge in [0.1, 0.15) is 0 Å². The number of rotatable bonds is 6. The van der Waals surface area contributed by atoms with Crippen molar-refractivity contribution in [2.24, 2.45) is 5.10 Å². The van der Waals surface area contributed by atoms with Crippen LogP contribution in [0.2, 0.25) is 5.02 Å². The molecule has 1 N–H and O–H groups in total. The lowest BCUT2D eigenvalue weighted by molar-refractivity contribution is 0.355. The fraction of sp³-hybridized carbons (Fsp3) is 0.111. The average Bonchev–Trinajstić information content (AvgIpc) is 3.11.